The van der Waals surface area contributed by atoms with Crippen LogP contribution in [-0.2, 0) is 10.2 Å². The second-order valence-electron chi connectivity index (χ2n) is 4.05. The molecule has 0 saturated carbocycles. The van der Waals surface area contributed by atoms with Crippen molar-refractivity contribution in [1.82, 2.24) is 4.72 Å². The lowest BCUT2D eigenvalue weighted by Gasteiger charge is -2.24. The van der Waals surface area contributed by atoms with Crippen LogP contribution in [0.25, 0.3) is 0 Å². The first-order valence-corrected chi connectivity index (χ1v) is 7.49. The van der Waals surface area contributed by atoms with Gasteiger partial charge in [0.2, 0.25) is 0 Å². The molecule has 0 aliphatic rings. The van der Waals surface area contributed by atoms with E-state index >= 15 is 0 Å². The lowest BCUT2D eigenvalue weighted by molar-refractivity contribution is 0.577. The highest BCUT2D eigenvalue weighted by Crippen LogP contribution is 2.18. The molecule has 0 unspecified atom stereocenters. The summed E-state index contributed by atoms with van der Waals surface area (Å²) in [5.74, 6) is 0. The predicted molar refractivity (Wildman–Crippen MR) is 74.8 cm³/mol. The number of nitrogens with one attached hydrogen (secondary N) is 1. The molecular weight excluding hydrogens is 250 g/mol. The number of anilines is 1. The number of aryl methyl sites for hydroxylation is 1. The van der Waals surface area contributed by atoms with Crippen LogP contribution in [0.1, 0.15) is 18.9 Å². The van der Waals surface area contributed by atoms with Gasteiger partial charge in [0.15, 0.2) is 0 Å². The number of hydrogen-bond acceptors (Lipinski definition) is 3. The lowest BCUT2D eigenvalue weighted by atomic mass is 10.2. The van der Waals surface area contributed by atoms with Crippen molar-refractivity contribution in [3.8, 4) is 0 Å². The van der Waals surface area contributed by atoms with E-state index in [1.54, 1.807) is 19.1 Å². The zero-order chi connectivity index (χ0) is 13.6. The predicted octanol–water partition coefficient (Wildman–Crippen LogP) is 1.00. The van der Waals surface area contributed by atoms with E-state index in [0.29, 0.717) is 31.7 Å². The van der Waals surface area contributed by atoms with Crippen molar-refractivity contribution in [2.24, 2.45) is 5.73 Å². The van der Waals surface area contributed by atoms with Crippen LogP contribution in [0.4, 0.5) is 5.69 Å². The summed E-state index contributed by atoms with van der Waals surface area (Å²) in [6.45, 7) is 4.94. The minimum absolute atomic E-state index is 0.368. The Morgan fingerprint density at radius 2 is 1.89 bits per heavy atom. The lowest BCUT2D eigenvalue weighted by Crippen LogP contribution is -2.41. The molecule has 0 spiro atoms. The van der Waals surface area contributed by atoms with E-state index < -0.39 is 10.2 Å². The molecule has 0 heterocycles. The number of nitrogens with two attached hydrogens (primary N) is 1. The van der Waals surface area contributed by atoms with Gasteiger partial charge in [0.25, 0.3) is 0 Å². The molecule has 102 valence electrons. The van der Waals surface area contributed by atoms with Gasteiger partial charge in [-0.05, 0) is 32.0 Å². The molecular formula is C12H21N3O2S. The summed E-state index contributed by atoms with van der Waals surface area (Å²) in [6.07, 6.45) is 0.624. The standard InChI is InChI=1S/C12H21N3O2S/c1-3-14-18(16,17)15(10-4-9-13)12-7-5-11(2)6-8-12/h5-8,14H,3-4,9-10,13H2,1-2H3. The third-order valence-corrected chi connectivity index (χ3v) is 4.13. The van der Waals surface area contributed by atoms with Crippen LogP contribution in [0.3, 0.4) is 0 Å². The van der Waals surface area contributed by atoms with E-state index in [1.807, 2.05) is 19.1 Å². The van der Waals surface area contributed by atoms with E-state index in [0.717, 1.165) is 5.56 Å². The van der Waals surface area contributed by atoms with E-state index in [2.05, 4.69) is 4.72 Å². The molecule has 1 aromatic carbocycles. The van der Waals surface area contributed by atoms with Crippen molar-refractivity contribution in [3.63, 3.8) is 0 Å². The molecule has 0 radical (unpaired) electrons. The van der Waals surface area contributed by atoms with E-state index in [-0.39, 0.29) is 0 Å². The van der Waals surface area contributed by atoms with Crippen LogP contribution in [0, 0.1) is 6.92 Å². The molecule has 0 fully saturated rings. The SMILES string of the molecule is CCNS(=O)(=O)N(CCCN)c1ccc(C)cc1. The molecule has 3 N–H and O–H groups in total. The fraction of sp³-hybridized carbons (Fsp3) is 0.500. The second-order valence-corrected chi connectivity index (χ2v) is 5.73. The molecule has 5 nitrogen and oxygen atoms in total. The zero-order valence-corrected chi connectivity index (χ0v) is 11.7. The Balaban J connectivity index is 3.01. The summed E-state index contributed by atoms with van der Waals surface area (Å²) < 4.78 is 28.1. The van der Waals surface area contributed by atoms with Gasteiger partial charge >= 0.3 is 10.2 Å². The molecule has 0 aliphatic heterocycles. The van der Waals surface area contributed by atoms with Gasteiger partial charge in [0, 0.05) is 13.1 Å². The van der Waals surface area contributed by atoms with Gasteiger partial charge in [0.05, 0.1) is 5.69 Å². The van der Waals surface area contributed by atoms with E-state index in [9.17, 15) is 8.42 Å². The minimum atomic E-state index is -3.48. The average Bonchev–Trinajstić information content (AvgIpc) is 2.31. The Labute approximate surface area is 109 Å². The Bertz CT molecular complexity index is 457. The first kappa shape index (κ1) is 14.9. The molecule has 1 rings (SSSR count). The Hall–Kier alpha value is -1.11. The average molecular weight is 271 g/mol. The molecule has 0 bridgehead atoms. The summed E-state index contributed by atoms with van der Waals surface area (Å²) in [6, 6.07) is 7.40. The first-order valence-electron chi connectivity index (χ1n) is 6.05. The van der Waals surface area contributed by atoms with E-state index in [1.165, 1.54) is 4.31 Å². The van der Waals surface area contributed by atoms with Crippen molar-refractivity contribution in [1.29, 1.82) is 0 Å². The van der Waals surface area contributed by atoms with Gasteiger partial charge in [-0.3, -0.25) is 4.31 Å². The number of benzene rings is 1. The van der Waals surface area contributed by atoms with Crippen LogP contribution in [0.5, 0.6) is 0 Å². The van der Waals surface area contributed by atoms with Crippen molar-refractivity contribution in [3.05, 3.63) is 29.8 Å². The summed E-state index contributed by atoms with van der Waals surface area (Å²) in [7, 11) is -3.48. The Kier molecular flexibility index (Phi) is 5.58. The fourth-order valence-electron chi connectivity index (χ4n) is 1.59. The van der Waals surface area contributed by atoms with Gasteiger partial charge in [-0.15, -0.1) is 0 Å². The molecule has 0 atom stereocenters. The maximum atomic E-state index is 12.1. The van der Waals surface area contributed by atoms with Crippen molar-refractivity contribution >= 4 is 15.9 Å². The Morgan fingerprint density at radius 1 is 1.28 bits per heavy atom. The first-order chi connectivity index (χ1) is 8.51. The fourth-order valence-corrected chi connectivity index (χ4v) is 2.88. The summed E-state index contributed by atoms with van der Waals surface area (Å²) >= 11 is 0. The van der Waals surface area contributed by atoms with Gasteiger partial charge in [0.1, 0.15) is 0 Å². The van der Waals surface area contributed by atoms with Gasteiger partial charge < -0.3 is 5.73 Å². The Morgan fingerprint density at radius 3 is 2.39 bits per heavy atom. The van der Waals surface area contributed by atoms with Crippen molar-refractivity contribution in [2.75, 3.05) is 23.9 Å². The van der Waals surface area contributed by atoms with Crippen LogP contribution < -0.4 is 14.8 Å². The largest absolute Gasteiger partial charge is 0.330 e. The number of nitrogens with zero attached hydrogens (tertiary/aromatic N) is 1. The normalized spacial score (nSPS) is 11.5. The highest BCUT2D eigenvalue weighted by Gasteiger charge is 2.20. The van der Waals surface area contributed by atoms with Crippen LogP contribution in [0.15, 0.2) is 24.3 Å². The molecule has 18 heavy (non-hydrogen) atoms. The maximum Gasteiger partial charge on any atom is 0.301 e. The highest BCUT2D eigenvalue weighted by molar-refractivity contribution is 7.90. The van der Waals surface area contributed by atoms with Crippen molar-refractivity contribution in [2.45, 2.75) is 20.3 Å². The quantitative estimate of drug-likeness (QED) is 0.777. The van der Waals surface area contributed by atoms with Crippen LogP contribution in [0.2, 0.25) is 0 Å². The van der Waals surface area contributed by atoms with Gasteiger partial charge in [-0.25, -0.2) is 0 Å². The topological polar surface area (TPSA) is 75.4 Å². The van der Waals surface area contributed by atoms with Gasteiger partial charge in [-0.1, -0.05) is 24.6 Å². The molecule has 0 amide bonds. The monoisotopic (exact) mass is 271 g/mol. The van der Waals surface area contributed by atoms with E-state index in [4.69, 9.17) is 5.73 Å². The van der Waals surface area contributed by atoms with Crippen LogP contribution >= 0.6 is 0 Å². The molecule has 0 aromatic heterocycles. The molecule has 6 heteroatoms. The second kappa shape index (κ2) is 6.72. The summed E-state index contributed by atoms with van der Waals surface area (Å²) in [5, 5.41) is 0. The number of rotatable bonds is 7. The van der Waals surface area contributed by atoms with Gasteiger partial charge in [-0.2, -0.15) is 13.1 Å². The minimum Gasteiger partial charge on any atom is -0.330 e. The molecule has 0 saturated heterocycles. The smallest absolute Gasteiger partial charge is 0.301 e. The summed E-state index contributed by atoms with van der Waals surface area (Å²) in [4.78, 5) is 0. The molecule has 0 aliphatic carbocycles. The third-order valence-electron chi connectivity index (χ3n) is 2.50. The third kappa shape index (κ3) is 3.97. The van der Waals surface area contributed by atoms with Crippen molar-refractivity contribution < 1.29 is 8.42 Å². The zero-order valence-electron chi connectivity index (χ0n) is 10.9. The summed E-state index contributed by atoms with van der Waals surface area (Å²) in [5.41, 5.74) is 7.21. The highest BCUT2D eigenvalue weighted by atomic mass is 32.2. The van der Waals surface area contributed by atoms with Crippen LogP contribution in [-0.4, -0.2) is 28.1 Å². The number of hydrogen-bond donors (Lipinski definition) is 2. The maximum absolute atomic E-state index is 12.1. The molecule has 1 aromatic rings.